The SMILES string of the molecule is NCCC12CCCN1C(N)CC2. The molecule has 0 aliphatic carbocycles. The predicted molar refractivity (Wildman–Crippen MR) is 49.6 cm³/mol. The Morgan fingerprint density at radius 2 is 2.25 bits per heavy atom. The van der Waals surface area contributed by atoms with Gasteiger partial charge in [0.05, 0.1) is 6.17 Å². The highest BCUT2D eigenvalue weighted by molar-refractivity contribution is 5.02. The molecule has 0 aromatic rings. The molecule has 2 aliphatic heterocycles. The van der Waals surface area contributed by atoms with Crippen LogP contribution in [0.5, 0.6) is 0 Å². The normalized spacial score (nSPS) is 42.0. The van der Waals surface area contributed by atoms with Gasteiger partial charge in [0, 0.05) is 12.1 Å². The molecule has 3 nitrogen and oxygen atoms in total. The molecule has 4 N–H and O–H groups in total. The van der Waals surface area contributed by atoms with E-state index in [0.717, 1.165) is 13.0 Å². The van der Waals surface area contributed by atoms with Crippen molar-refractivity contribution in [2.45, 2.75) is 43.8 Å². The van der Waals surface area contributed by atoms with Crippen LogP contribution in [0, 0.1) is 0 Å². The van der Waals surface area contributed by atoms with Gasteiger partial charge in [-0.2, -0.15) is 0 Å². The fourth-order valence-corrected chi connectivity index (χ4v) is 2.98. The van der Waals surface area contributed by atoms with E-state index in [1.54, 1.807) is 0 Å². The van der Waals surface area contributed by atoms with E-state index < -0.39 is 0 Å². The van der Waals surface area contributed by atoms with Crippen molar-refractivity contribution in [3.8, 4) is 0 Å². The van der Waals surface area contributed by atoms with Crippen LogP contribution in [-0.2, 0) is 0 Å². The summed E-state index contributed by atoms with van der Waals surface area (Å²) in [5.41, 5.74) is 12.1. The minimum Gasteiger partial charge on any atom is -0.330 e. The zero-order chi connectivity index (χ0) is 8.60. The molecule has 3 heteroatoms. The van der Waals surface area contributed by atoms with Crippen molar-refractivity contribution in [1.29, 1.82) is 0 Å². The highest BCUT2D eigenvalue weighted by atomic mass is 15.3. The van der Waals surface area contributed by atoms with Gasteiger partial charge in [-0.1, -0.05) is 0 Å². The maximum absolute atomic E-state index is 6.02. The lowest BCUT2D eigenvalue weighted by atomic mass is 9.90. The molecular weight excluding hydrogens is 150 g/mol. The third kappa shape index (κ3) is 1.08. The average molecular weight is 169 g/mol. The van der Waals surface area contributed by atoms with Crippen LogP contribution < -0.4 is 11.5 Å². The molecule has 2 unspecified atom stereocenters. The van der Waals surface area contributed by atoms with E-state index in [4.69, 9.17) is 11.5 Å². The van der Waals surface area contributed by atoms with Gasteiger partial charge in [0.25, 0.3) is 0 Å². The van der Waals surface area contributed by atoms with Gasteiger partial charge in [0.2, 0.25) is 0 Å². The van der Waals surface area contributed by atoms with Crippen LogP contribution in [0.25, 0.3) is 0 Å². The van der Waals surface area contributed by atoms with Gasteiger partial charge in [-0.05, 0) is 38.6 Å². The fraction of sp³-hybridized carbons (Fsp3) is 1.00. The van der Waals surface area contributed by atoms with Gasteiger partial charge < -0.3 is 11.5 Å². The second-order valence-corrected chi connectivity index (χ2v) is 4.17. The highest BCUT2D eigenvalue weighted by Gasteiger charge is 2.46. The van der Waals surface area contributed by atoms with Gasteiger partial charge in [-0.25, -0.2) is 0 Å². The first-order valence-corrected chi connectivity index (χ1v) is 5.01. The molecule has 0 bridgehead atoms. The molecule has 12 heavy (non-hydrogen) atoms. The smallest absolute Gasteiger partial charge is 0.0577 e. The Morgan fingerprint density at radius 3 is 3.00 bits per heavy atom. The van der Waals surface area contributed by atoms with Crippen molar-refractivity contribution in [3.63, 3.8) is 0 Å². The minimum absolute atomic E-state index is 0.319. The van der Waals surface area contributed by atoms with Gasteiger partial charge in [0.1, 0.15) is 0 Å². The standard InChI is InChI=1S/C9H19N3/c10-6-5-9-3-1-7-12(9)8(11)2-4-9/h8H,1-7,10-11H2. The Labute approximate surface area is 74.1 Å². The molecule has 2 aliphatic rings. The molecule has 70 valence electrons. The Balaban J connectivity index is 2.11. The lowest BCUT2D eigenvalue weighted by Crippen LogP contribution is -2.46. The van der Waals surface area contributed by atoms with Crippen molar-refractivity contribution in [2.75, 3.05) is 13.1 Å². The Kier molecular flexibility index (Phi) is 2.10. The van der Waals surface area contributed by atoms with Crippen molar-refractivity contribution in [3.05, 3.63) is 0 Å². The molecule has 2 heterocycles. The second kappa shape index (κ2) is 2.98. The third-order valence-corrected chi connectivity index (χ3v) is 3.57. The zero-order valence-electron chi connectivity index (χ0n) is 7.63. The van der Waals surface area contributed by atoms with Crippen LogP contribution in [0.1, 0.15) is 32.1 Å². The Morgan fingerprint density at radius 1 is 1.42 bits per heavy atom. The molecule has 2 atom stereocenters. The summed E-state index contributed by atoms with van der Waals surface area (Å²) in [6, 6.07) is 0. The first-order valence-electron chi connectivity index (χ1n) is 5.01. The van der Waals surface area contributed by atoms with Crippen LogP contribution in [0.4, 0.5) is 0 Å². The number of hydrogen-bond donors (Lipinski definition) is 2. The zero-order valence-corrected chi connectivity index (χ0v) is 7.63. The molecular formula is C9H19N3. The average Bonchev–Trinajstić information content (AvgIpc) is 2.55. The van der Waals surface area contributed by atoms with Crippen LogP contribution in [0.3, 0.4) is 0 Å². The summed E-state index contributed by atoms with van der Waals surface area (Å²) >= 11 is 0. The number of fused-ring (bicyclic) bond motifs is 1. The van der Waals surface area contributed by atoms with Crippen molar-refractivity contribution < 1.29 is 0 Å². The monoisotopic (exact) mass is 169 g/mol. The van der Waals surface area contributed by atoms with Gasteiger partial charge >= 0.3 is 0 Å². The van der Waals surface area contributed by atoms with E-state index in [1.165, 1.54) is 32.2 Å². The summed E-state index contributed by atoms with van der Waals surface area (Å²) in [6.07, 6.45) is 6.52. The molecule has 2 fully saturated rings. The Bertz CT molecular complexity index is 167. The van der Waals surface area contributed by atoms with Crippen LogP contribution in [0.15, 0.2) is 0 Å². The maximum atomic E-state index is 6.02. The first kappa shape index (κ1) is 8.48. The molecule has 0 spiro atoms. The predicted octanol–water partition coefficient (Wildman–Crippen LogP) is 0.248. The third-order valence-electron chi connectivity index (χ3n) is 3.57. The summed E-state index contributed by atoms with van der Waals surface area (Å²) in [4.78, 5) is 2.49. The van der Waals surface area contributed by atoms with Crippen molar-refractivity contribution in [2.24, 2.45) is 11.5 Å². The topological polar surface area (TPSA) is 55.3 Å². The quantitative estimate of drug-likeness (QED) is 0.623. The van der Waals surface area contributed by atoms with Gasteiger partial charge in [-0.15, -0.1) is 0 Å². The molecule has 0 aromatic heterocycles. The number of nitrogens with two attached hydrogens (primary N) is 2. The lowest BCUT2D eigenvalue weighted by molar-refractivity contribution is 0.145. The highest BCUT2D eigenvalue weighted by Crippen LogP contribution is 2.42. The molecule has 0 saturated carbocycles. The molecule has 2 saturated heterocycles. The molecule has 0 radical (unpaired) electrons. The molecule has 0 amide bonds. The van der Waals surface area contributed by atoms with E-state index in [-0.39, 0.29) is 0 Å². The summed E-state index contributed by atoms with van der Waals surface area (Å²) in [5, 5.41) is 0. The summed E-state index contributed by atoms with van der Waals surface area (Å²) in [5.74, 6) is 0. The summed E-state index contributed by atoms with van der Waals surface area (Å²) in [6.45, 7) is 2.00. The summed E-state index contributed by atoms with van der Waals surface area (Å²) < 4.78 is 0. The van der Waals surface area contributed by atoms with Crippen LogP contribution in [0.2, 0.25) is 0 Å². The van der Waals surface area contributed by atoms with Crippen LogP contribution >= 0.6 is 0 Å². The van der Waals surface area contributed by atoms with Gasteiger partial charge in [0.15, 0.2) is 0 Å². The van der Waals surface area contributed by atoms with E-state index in [0.29, 0.717) is 11.7 Å². The molecule has 2 rings (SSSR count). The number of nitrogens with zero attached hydrogens (tertiary/aromatic N) is 1. The van der Waals surface area contributed by atoms with Crippen LogP contribution in [-0.4, -0.2) is 29.7 Å². The van der Waals surface area contributed by atoms with Crippen molar-refractivity contribution >= 4 is 0 Å². The second-order valence-electron chi connectivity index (χ2n) is 4.17. The van der Waals surface area contributed by atoms with E-state index in [2.05, 4.69) is 4.90 Å². The Hall–Kier alpha value is -0.120. The molecule has 0 aromatic carbocycles. The fourth-order valence-electron chi connectivity index (χ4n) is 2.98. The lowest BCUT2D eigenvalue weighted by Gasteiger charge is -2.33. The largest absolute Gasteiger partial charge is 0.330 e. The number of rotatable bonds is 2. The first-order chi connectivity index (χ1) is 5.78. The van der Waals surface area contributed by atoms with E-state index in [9.17, 15) is 0 Å². The maximum Gasteiger partial charge on any atom is 0.0577 e. The minimum atomic E-state index is 0.319. The van der Waals surface area contributed by atoms with E-state index in [1.807, 2.05) is 0 Å². The van der Waals surface area contributed by atoms with Gasteiger partial charge in [-0.3, -0.25) is 4.90 Å². The summed E-state index contributed by atoms with van der Waals surface area (Å²) in [7, 11) is 0. The number of hydrogen-bond acceptors (Lipinski definition) is 3. The van der Waals surface area contributed by atoms with Crippen molar-refractivity contribution in [1.82, 2.24) is 4.90 Å². The van der Waals surface area contributed by atoms with E-state index >= 15 is 0 Å².